The van der Waals surface area contributed by atoms with Gasteiger partial charge in [-0.2, -0.15) is 0 Å². The Bertz CT molecular complexity index is 850. The molecule has 0 saturated carbocycles. The summed E-state index contributed by atoms with van der Waals surface area (Å²) in [5.41, 5.74) is 0.675. The number of carbonyl (C=O) groups is 2. The lowest BCUT2D eigenvalue weighted by Gasteiger charge is -2.06. The van der Waals surface area contributed by atoms with E-state index in [0.717, 1.165) is 0 Å². The first kappa shape index (κ1) is 15.5. The summed E-state index contributed by atoms with van der Waals surface area (Å²) in [5, 5.41) is 9.24. The van der Waals surface area contributed by atoms with Crippen molar-refractivity contribution in [1.82, 2.24) is 0 Å². The van der Waals surface area contributed by atoms with Gasteiger partial charge in [-0.15, -0.1) is 0 Å². The van der Waals surface area contributed by atoms with E-state index in [1.165, 1.54) is 12.1 Å². The highest BCUT2D eigenvalue weighted by molar-refractivity contribution is 6.49. The molecule has 0 heterocycles. The van der Waals surface area contributed by atoms with Crippen molar-refractivity contribution in [3.05, 3.63) is 90.0 Å². The molecule has 4 heteroatoms. The normalized spacial score (nSPS) is 10.2. The smallest absolute Gasteiger partial charge is 0.233 e. The first-order valence-electron chi connectivity index (χ1n) is 7.34. The highest BCUT2D eigenvalue weighted by Crippen LogP contribution is 2.23. The Balaban J connectivity index is 1.73. The molecule has 0 aliphatic heterocycles. The van der Waals surface area contributed by atoms with Gasteiger partial charge in [-0.25, -0.2) is 0 Å². The van der Waals surface area contributed by atoms with Gasteiger partial charge in [0.05, 0.1) is 0 Å². The van der Waals surface area contributed by atoms with Gasteiger partial charge in [-0.1, -0.05) is 30.3 Å². The summed E-state index contributed by atoms with van der Waals surface area (Å²) in [7, 11) is 0. The van der Waals surface area contributed by atoms with Crippen LogP contribution in [0.25, 0.3) is 0 Å². The van der Waals surface area contributed by atoms with Crippen LogP contribution in [0.5, 0.6) is 17.2 Å². The van der Waals surface area contributed by atoms with Crippen molar-refractivity contribution in [2.24, 2.45) is 0 Å². The van der Waals surface area contributed by atoms with E-state index in [1.807, 2.05) is 0 Å². The average molecular weight is 318 g/mol. The van der Waals surface area contributed by atoms with E-state index >= 15 is 0 Å². The van der Waals surface area contributed by atoms with Crippen molar-refractivity contribution < 1.29 is 19.4 Å². The molecule has 0 bridgehead atoms. The number of ether oxygens (including phenoxy) is 1. The lowest BCUT2D eigenvalue weighted by atomic mass is 10.0. The fraction of sp³-hybridized carbons (Fsp3) is 0. The topological polar surface area (TPSA) is 63.6 Å². The number of ketones is 2. The van der Waals surface area contributed by atoms with Gasteiger partial charge in [0.1, 0.15) is 17.2 Å². The predicted molar refractivity (Wildman–Crippen MR) is 89.7 cm³/mol. The Hall–Kier alpha value is -3.40. The van der Waals surface area contributed by atoms with Crippen LogP contribution in [0.15, 0.2) is 78.9 Å². The number of hydrogen-bond donors (Lipinski definition) is 1. The van der Waals surface area contributed by atoms with Crippen molar-refractivity contribution in [1.29, 1.82) is 0 Å². The van der Waals surface area contributed by atoms with Crippen LogP contribution in [0.1, 0.15) is 20.7 Å². The maximum atomic E-state index is 12.2. The molecule has 3 rings (SSSR count). The monoisotopic (exact) mass is 318 g/mol. The molecule has 24 heavy (non-hydrogen) atoms. The van der Waals surface area contributed by atoms with Crippen molar-refractivity contribution in [3.63, 3.8) is 0 Å². The number of carbonyl (C=O) groups excluding carboxylic acids is 2. The Morgan fingerprint density at radius 1 is 0.625 bits per heavy atom. The molecule has 4 nitrogen and oxygen atoms in total. The number of phenolic OH excluding ortho intramolecular Hbond substituents is 1. The van der Waals surface area contributed by atoms with Gasteiger partial charge >= 0.3 is 0 Å². The minimum atomic E-state index is -0.558. The van der Waals surface area contributed by atoms with Gasteiger partial charge in [0.15, 0.2) is 0 Å². The summed E-state index contributed by atoms with van der Waals surface area (Å²) in [6.07, 6.45) is 0. The maximum absolute atomic E-state index is 12.2. The lowest BCUT2D eigenvalue weighted by molar-refractivity contribution is 0.0817. The fourth-order valence-electron chi connectivity index (χ4n) is 2.18. The van der Waals surface area contributed by atoms with E-state index < -0.39 is 11.6 Å². The summed E-state index contributed by atoms with van der Waals surface area (Å²) in [6.45, 7) is 0. The van der Waals surface area contributed by atoms with Gasteiger partial charge in [0, 0.05) is 11.1 Å². The molecule has 1 N–H and O–H groups in total. The molecule has 0 atom stereocenters. The van der Waals surface area contributed by atoms with E-state index in [-0.39, 0.29) is 5.75 Å². The largest absolute Gasteiger partial charge is 0.508 e. The molecule has 0 spiro atoms. The minimum absolute atomic E-state index is 0.155. The van der Waals surface area contributed by atoms with E-state index in [0.29, 0.717) is 22.6 Å². The fourth-order valence-corrected chi connectivity index (χ4v) is 2.18. The first-order valence-corrected chi connectivity index (χ1v) is 7.34. The van der Waals surface area contributed by atoms with E-state index in [1.54, 1.807) is 66.7 Å². The zero-order valence-corrected chi connectivity index (χ0v) is 12.7. The summed E-state index contributed by atoms with van der Waals surface area (Å²) in [6, 6.07) is 21.1. The number of phenols is 1. The van der Waals surface area contributed by atoms with E-state index in [9.17, 15) is 14.7 Å². The number of rotatable bonds is 5. The molecule has 0 fully saturated rings. The number of benzene rings is 3. The van der Waals surface area contributed by atoms with Gasteiger partial charge in [-0.3, -0.25) is 9.59 Å². The molecule has 118 valence electrons. The second-order valence-electron chi connectivity index (χ2n) is 5.14. The molecule has 0 unspecified atom stereocenters. The molecule has 0 aliphatic carbocycles. The second kappa shape index (κ2) is 6.79. The van der Waals surface area contributed by atoms with Gasteiger partial charge < -0.3 is 9.84 Å². The summed E-state index contributed by atoms with van der Waals surface area (Å²) in [4.78, 5) is 24.4. The lowest BCUT2D eigenvalue weighted by Crippen LogP contribution is -2.14. The van der Waals surface area contributed by atoms with Crippen LogP contribution in [0.4, 0.5) is 0 Å². The Morgan fingerprint density at radius 3 is 1.62 bits per heavy atom. The molecule has 3 aromatic rings. The SMILES string of the molecule is O=C(C(=O)c1ccc(Oc2ccc(O)cc2)cc1)c1ccccc1. The van der Waals surface area contributed by atoms with E-state index in [2.05, 4.69) is 0 Å². The molecular weight excluding hydrogens is 304 g/mol. The van der Waals surface area contributed by atoms with Crippen LogP contribution in [-0.4, -0.2) is 16.7 Å². The molecule has 0 aromatic heterocycles. The molecule has 0 amide bonds. The third kappa shape index (κ3) is 3.50. The third-order valence-corrected chi connectivity index (χ3v) is 3.43. The summed E-state index contributed by atoms with van der Waals surface area (Å²) >= 11 is 0. The van der Waals surface area contributed by atoms with Crippen LogP contribution in [0.3, 0.4) is 0 Å². The van der Waals surface area contributed by atoms with Crippen LogP contribution in [0, 0.1) is 0 Å². The van der Waals surface area contributed by atoms with Gasteiger partial charge in [0.2, 0.25) is 11.6 Å². The Kier molecular flexibility index (Phi) is 4.38. The standard InChI is InChI=1S/C20H14O4/c21-16-8-12-18(13-9-16)24-17-10-6-15(7-11-17)20(23)19(22)14-4-2-1-3-5-14/h1-13,21H. The second-order valence-corrected chi connectivity index (χ2v) is 5.14. The van der Waals surface area contributed by atoms with E-state index in [4.69, 9.17) is 4.74 Å². The summed E-state index contributed by atoms with van der Waals surface area (Å²) in [5.74, 6) is 0.152. The van der Waals surface area contributed by atoms with Crippen LogP contribution in [-0.2, 0) is 0 Å². The Morgan fingerprint density at radius 2 is 1.08 bits per heavy atom. The molecule has 0 saturated heterocycles. The molecule has 0 aliphatic rings. The van der Waals surface area contributed by atoms with Crippen LogP contribution < -0.4 is 4.74 Å². The average Bonchev–Trinajstić information content (AvgIpc) is 2.64. The minimum Gasteiger partial charge on any atom is -0.508 e. The number of aromatic hydroxyl groups is 1. The van der Waals surface area contributed by atoms with Gasteiger partial charge in [-0.05, 0) is 48.5 Å². The van der Waals surface area contributed by atoms with Crippen molar-refractivity contribution >= 4 is 11.6 Å². The van der Waals surface area contributed by atoms with Crippen LogP contribution >= 0.6 is 0 Å². The third-order valence-electron chi connectivity index (χ3n) is 3.43. The van der Waals surface area contributed by atoms with Crippen LogP contribution in [0.2, 0.25) is 0 Å². The zero-order valence-electron chi connectivity index (χ0n) is 12.7. The van der Waals surface area contributed by atoms with Crippen molar-refractivity contribution in [2.75, 3.05) is 0 Å². The van der Waals surface area contributed by atoms with Crippen molar-refractivity contribution in [2.45, 2.75) is 0 Å². The molecular formula is C20H14O4. The zero-order chi connectivity index (χ0) is 16.9. The molecule has 0 radical (unpaired) electrons. The van der Waals surface area contributed by atoms with Crippen molar-refractivity contribution in [3.8, 4) is 17.2 Å². The number of Topliss-reactive ketones (excluding diaryl/α,β-unsaturated/α-hetero) is 2. The summed E-state index contributed by atoms with van der Waals surface area (Å²) < 4.78 is 5.61. The first-order chi connectivity index (χ1) is 11.6. The highest BCUT2D eigenvalue weighted by Gasteiger charge is 2.17. The number of hydrogen-bond acceptors (Lipinski definition) is 4. The quantitative estimate of drug-likeness (QED) is 0.564. The maximum Gasteiger partial charge on any atom is 0.233 e. The molecule has 3 aromatic carbocycles. The Labute approximate surface area is 139 Å². The predicted octanol–water partition coefficient (Wildman–Crippen LogP) is 4.25. The van der Waals surface area contributed by atoms with Gasteiger partial charge in [0.25, 0.3) is 0 Å². The highest BCUT2D eigenvalue weighted by atomic mass is 16.5.